The van der Waals surface area contributed by atoms with Crippen molar-refractivity contribution in [1.82, 2.24) is 0 Å². The number of hydrogen-bond acceptors (Lipinski definition) is 1. The average molecular weight is 121 g/mol. The van der Waals surface area contributed by atoms with Crippen molar-refractivity contribution in [1.29, 1.82) is 0 Å². The lowest BCUT2D eigenvalue weighted by Gasteiger charge is -1.85. The predicted octanol–water partition coefficient (Wildman–Crippen LogP) is 0.642. The lowest BCUT2D eigenvalue weighted by Crippen LogP contribution is -2.11. The number of carbonyl (C=O) groups excluding carboxylic acids is 1. The Labute approximate surface area is 45.0 Å². The third-order valence-electron chi connectivity index (χ3n) is 0.519. The van der Waals surface area contributed by atoms with Crippen molar-refractivity contribution in [3.8, 4) is 0 Å². The number of rotatable bonds is 1. The largest absolute Gasteiger partial charge is 0.364 e. The standard InChI is InChI=1S/C4H5F2NO/c1-2(5)3(6)4(7)8/h1H3,(H2,7,8). The number of nitrogens with two attached hydrogens (primary N) is 1. The molecule has 0 saturated heterocycles. The minimum absolute atomic E-state index is 0.820. The highest BCUT2D eigenvalue weighted by Gasteiger charge is 2.05. The van der Waals surface area contributed by atoms with Crippen LogP contribution in [0.2, 0.25) is 0 Å². The molecule has 0 unspecified atom stereocenters. The van der Waals surface area contributed by atoms with Gasteiger partial charge in [0.2, 0.25) is 5.83 Å². The van der Waals surface area contributed by atoms with E-state index in [1.54, 1.807) is 0 Å². The molecular weight excluding hydrogens is 116 g/mol. The lowest BCUT2D eigenvalue weighted by atomic mass is 10.4. The van der Waals surface area contributed by atoms with E-state index in [-0.39, 0.29) is 0 Å². The van der Waals surface area contributed by atoms with Crippen LogP contribution in [-0.4, -0.2) is 5.91 Å². The zero-order chi connectivity index (χ0) is 6.73. The van der Waals surface area contributed by atoms with E-state index in [0.717, 1.165) is 6.92 Å². The number of halogens is 2. The minimum atomic E-state index is -1.51. The van der Waals surface area contributed by atoms with Crippen molar-refractivity contribution in [2.45, 2.75) is 6.92 Å². The van der Waals surface area contributed by atoms with Gasteiger partial charge in [-0.1, -0.05) is 0 Å². The first-order valence-corrected chi connectivity index (χ1v) is 1.87. The van der Waals surface area contributed by atoms with Gasteiger partial charge in [-0.15, -0.1) is 0 Å². The molecule has 0 radical (unpaired) electrons. The maximum Gasteiger partial charge on any atom is 0.280 e. The fraction of sp³-hybridized carbons (Fsp3) is 0.250. The van der Waals surface area contributed by atoms with Crippen LogP contribution in [0.1, 0.15) is 6.92 Å². The lowest BCUT2D eigenvalue weighted by molar-refractivity contribution is -0.116. The van der Waals surface area contributed by atoms with Gasteiger partial charge in [0.05, 0.1) is 0 Å². The van der Waals surface area contributed by atoms with Crippen molar-refractivity contribution in [2.24, 2.45) is 5.73 Å². The average Bonchev–Trinajstić information content (AvgIpc) is 1.64. The molecule has 8 heavy (non-hydrogen) atoms. The molecule has 0 aliphatic rings. The molecule has 0 aliphatic heterocycles. The smallest absolute Gasteiger partial charge is 0.280 e. The molecular formula is C4H5F2NO. The van der Waals surface area contributed by atoms with Gasteiger partial charge in [0, 0.05) is 0 Å². The van der Waals surface area contributed by atoms with Crippen LogP contribution in [0.3, 0.4) is 0 Å². The van der Waals surface area contributed by atoms with Crippen LogP contribution in [0.25, 0.3) is 0 Å². The molecule has 0 fully saturated rings. The Morgan fingerprint density at radius 2 is 1.88 bits per heavy atom. The highest BCUT2D eigenvalue weighted by molar-refractivity contribution is 5.89. The van der Waals surface area contributed by atoms with E-state index in [9.17, 15) is 13.6 Å². The normalized spacial score (nSPS) is 12.9. The van der Waals surface area contributed by atoms with Crippen LogP contribution >= 0.6 is 0 Å². The first kappa shape index (κ1) is 7.07. The molecule has 0 aromatic rings. The van der Waals surface area contributed by atoms with Gasteiger partial charge in [0.1, 0.15) is 5.83 Å². The molecule has 0 aromatic heterocycles. The van der Waals surface area contributed by atoms with Crippen molar-refractivity contribution in [3.05, 3.63) is 11.7 Å². The second-order valence-electron chi connectivity index (χ2n) is 1.21. The van der Waals surface area contributed by atoms with Crippen LogP contribution in [0.4, 0.5) is 8.78 Å². The molecule has 0 aliphatic carbocycles. The van der Waals surface area contributed by atoms with Crippen LogP contribution in [0, 0.1) is 0 Å². The minimum Gasteiger partial charge on any atom is -0.364 e. The SMILES string of the molecule is CC(F)=C(F)C(N)=O. The Balaban J connectivity index is 4.23. The number of primary amides is 1. The zero-order valence-corrected chi connectivity index (χ0v) is 4.24. The third-order valence-corrected chi connectivity index (χ3v) is 0.519. The Kier molecular flexibility index (Phi) is 2.12. The van der Waals surface area contributed by atoms with Gasteiger partial charge < -0.3 is 5.73 Å². The summed E-state index contributed by atoms with van der Waals surface area (Å²) in [5.41, 5.74) is 4.33. The maximum absolute atomic E-state index is 11.7. The summed E-state index contributed by atoms with van der Waals surface area (Å²) in [6, 6.07) is 0. The van der Waals surface area contributed by atoms with Crippen molar-refractivity contribution >= 4 is 5.91 Å². The van der Waals surface area contributed by atoms with Crippen molar-refractivity contribution < 1.29 is 13.6 Å². The molecule has 46 valence electrons. The van der Waals surface area contributed by atoms with Gasteiger partial charge in [-0.3, -0.25) is 4.79 Å². The van der Waals surface area contributed by atoms with E-state index in [1.807, 2.05) is 0 Å². The van der Waals surface area contributed by atoms with Gasteiger partial charge >= 0.3 is 0 Å². The molecule has 1 amide bonds. The molecule has 0 saturated carbocycles. The van der Waals surface area contributed by atoms with Gasteiger partial charge in [-0.2, -0.15) is 4.39 Å². The van der Waals surface area contributed by atoms with Gasteiger partial charge in [-0.25, -0.2) is 4.39 Å². The summed E-state index contributed by atoms with van der Waals surface area (Å²) in [5.74, 6) is -4.06. The summed E-state index contributed by atoms with van der Waals surface area (Å²) in [7, 11) is 0. The fourth-order valence-electron chi connectivity index (χ4n) is 0.170. The number of hydrogen-bond donors (Lipinski definition) is 1. The molecule has 0 aromatic carbocycles. The molecule has 4 heteroatoms. The third kappa shape index (κ3) is 1.68. The molecule has 2 N–H and O–H groups in total. The number of carbonyl (C=O) groups is 1. The fourth-order valence-corrected chi connectivity index (χ4v) is 0.170. The number of amides is 1. The first-order valence-electron chi connectivity index (χ1n) is 1.87. The molecule has 2 nitrogen and oxygen atoms in total. The highest BCUT2D eigenvalue weighted by atomic mass is 19.2. The zero-order valence-electron chi connectivity index (χ0n) is 4.24. The quantitative estimate of drug-likeness (QED) is 0.508. The van der Waals surface area contributed by atoms with Crippen LogP contribution in [0.5, 0.6) is 0 Å². The van der Waals surface area contributed by atoms with Gasteiger partial charge in [-0.05, 0) is 6.92 Å². The summed E-state index contributed by atoms with van der Waals surface area (Å²) >= 11 is 0. The topological polar surface area (TPSA) is 43.1 Å². The monoisotopic (exact) mass is 121 g/mol. The van der Waals surface area contributed by atoms with E-state index in [4.69, 9.17) is 0 Å². The first-order chi connectivity index (χ1) is 3.55. The summed E-state index contributed by atoms with van der Waals surface area (Å²) in [6.45, 7) is 0.820. The summed E-state index contributed by atoms with van der Waals surface area (Å²) < 4.78 is 23.2. The molecule has 0 heterocycles. The van der Waals surface area contributed by atoms with Crippen LogP contribution in [-0.2, 0) is 4.79 Å². The molecule has 0 spiro atoms. The second-order valence-corrected chi connectivity index (χ2v) is 1.21. The van der Waals surface area contributed by atoms with Crippen LogP contribution < -0.4 is 5.73 Å². The summed E-state index contributed by atoms with van der Waals surface area (Å²) in [5, 5.41) is 0. The molecule has 0 bridgehead atoms. The number of allylic oxidation sites excluding steroid dienone is 1. The Hall–Kier alpha value is -0.930. The molecule has 0 atom stereocenters. The predicted molar refractivity (Wildman–Crippen MR) is 24.1 cm³/mol. The van der Waals surface area contributed by atoms with E-state index < -0.39 is 17.6 Å². The van der Waals surface area contributed by atoms with E-state index in [2.05, 4.69) is 5.73 Å². The van der Waals surface area contributed by atoms with E-state index in [0.29, 0.717) is 0 Å². The maximum atomic E-state index is 11.7. The van der Waals surface area contributed by atoms with Gasteiger partial charge in [0.15, 0.2) is 0 Å². The summed E-state index contributed by atoms with van der Waals surface area (Å²) in [4.78, 5) is 9.69. The van der Waals surface area contributed by atoms with Crippen molar-refractivity contribution in [3.63, 3.8) is 0 Å². The highest BCUT2D eigenvalue weighted by Crippen LogP contribution is 2.04. The molecule has 0 rings (SSSR count). The van der Waals surface area contributed by atoms with Gasteiger partial charge in [0.25, 0.3) is 5.91 Å². The van der Waals surface area contributed by atoms with Crippen molar-refractivity contribution in [2.75, 3.05) is 0 Å². The Morgan fingerprint density at radius 3 is 1.88 bits per heavy atom. The van der Waals surface area contributed by atoms with E-state index >= 15 is 0 Å². The summed E-state index contributed by atoms with van der Waals surface area (Å²) in [6.07, 6.45) is 0. The van der Waals surface area contributed by atoms with E-state index in [1.165, 1.54) is 0 Å². The van der Waals surface area contributed by atoms with Crippen LogP contribution in [0.15, 0.2) is 11.7 Å². The second kappa shape index (κ2) is 2.40. The Bertz CT molecular complexity index is 137. The Morgan fingerprint density at radius 1 is 1.50 bits per heavy atom.